The Kier molecular flexibility index (Phi) is 5.25. The van der Waals surface area contributed by atoms with Gasteiger partial charge in [0.15, 0.2) is 11.5 Å². The van der Waals surface area contributed by atoms with Gasteiger partial charge in [-0.1, -0.05) is 12.1 Å². The van der Waals surface area contributed by atoms with Crippen LogP contribution in [0.25, 0.3) is 0 Å². The number of ether oxygens (including phenoxy) is 2. The van der Waals surface area contributed by atoms with Crippen LogP contribution in [0.4, 0.5) is 11.4 Å². The molecule has 1 atom stereocenters. The van der Waals surface area contributed by atoms with Gasteiger partial charge in [0.25, 0.3) is 5.91 Å². The van der Waals surface area contributed by atoms with Crippen molar-refractivity contribution in [3.8, 4) is 11.5 Å². The first-order chi connectivity index (χ1) is 13.0. The van der Waals surface area contributed by atoms with Gasteiger partial charge in [0, 0.05) is 11.8 Å². The molecule has 0 fully saturated rings. The summed E-state index contributed by atoms with van der Waals surface area (Å²) in [5, 5.41) is 7.94. The summed E-state index contributed by atoms with van der Waals surface area (Å²) in [6, 6.07) is 10.6. The average molecular weight is 369 g/mol. The largest absolute Gasteiger partial charge is 0.493 e. The van der Waals surface area contributed by atoms with E-state index >= 15 is 0 Å². The lowest BCUT2D eigenvalue weighted by molar-refractivity contribution is -0.122. The SMILES string of the molecule is COc1ccc(NC(=O)CC2NC(=O)c3ccccc3NC2=O)cc1OC. The second kappa shape index (κ2) is 7.77. The van der Waals surface area contributed by atoms with E-state index in [1.165, 1.54) is 14.2 Å². The van der Waals surface area contributed by atoms with Crippen LogP contribution >= 0.6 is 0 Å². The molecule has 3 rings (SSSR count). The maximum Gasteiger partial charge on any atom is 0.254 e. The summed E-state index contributed by atoms with van der Waals surface area (Å²) in [6.07, 6.45) is -0.208. The number of amides is 3. The van der Waals surface area contributed by atoms with E-state index in [1.54, 1.807) is 42.5 Å². The predicted molar refractivity (Wildman–Crippen MR) is 99.1 cm³/mol. The Hall–Kier alpha value is -3.55. The molecule has 1 aliphatic rings. The number of carbonyl (C=O) groups excluding carboxylic acids is 3. The molecule has 1 aliphatic heterocycles. The minimum absolute atomic E-state index is 0.208. The number of anilines is 2. The fourth-order valence-electron chi connectivity index (χ4n) is 2.77. The van der Waals surface area contributed by atoms with Gasteiger partial charge in [0.05, 0.1) is 31.9 Å². The van der Waals surface area contributed by atoms with E-state index in [4.69, 9.17) is 9.47 Å². The molecule has 2 aromatic rings. The lowest BCUT2D eigenvalue weighted by Gasteiger charge is -2.15. The van der Waals surface area contributed by atoms with Crippen LogP contribution in [0.3, 0.4) is 0 Å². The molecular weight excluding hydrogens is 350 g/mol. The van der Waals surface area contributed by atoms with Gasteiger partial charge in [-0.15, -0.1) is 0 Å². The molecule has 140 valence electrons. The van der Waals surface area contributed by atoms with Gasteiger partial charge in [-0.2, -0.15) is 0 Å². The number of fused-ring (bicyclic) bond motifs is 1. The smallest absolute Gasteiger partial charge is 0.254 e. The quantitative estimate of drug-likeness (QED) is 0.745. The molecule has 3 amide bonds. The fraction of sp³-hybridized carbons (Fsp3) is 0.211. The van der Waals surface area contributed by atoms with Crippen molar-refractivity contribution in [3.63, 3.8) is 0 Å². The van der Waals surface area contributed by atoms with Crippen LogP contribution in [0.2, 0.25) is 0 Å². The third-order valence-corrected chi connectivity index (χ3v) is 4.11. The zero-order valence-electron chi connectivity index (χ0n) is 14.9. The van der Waals surface area contributed by atoms with Crippen LogP contribution in [0.15, 0.2) is 42.5 Å². The van der Waals surface area contributed by atoms with Gasteiger partial charge in [-0.3, -0.25) is 14.4 Å². The number of rotatable bonds is 5. The van der Waals surface area contributed by atoms with Crippen molar-refractivity contribution in [1.82, 2.24) is 5.32 Å². The number of hydrogen-bond donors (Lipinski definition) is 3. The molecule has 0 aromatic heterocycles. The summed E-state index contributed by atoms with van der Waals surface area (Å²) in [7, 11) is 3.01. The molecular formula is C19H19N3O5. The van der Waals surface area contributed by atoms with Crippen LogP contribution in [-0.4, -0.2) is 38.0 Å². The summed E-state index contributed by atoms with van der Waals surface area (Å²) < 4.78 is 10.3. The van der Waals surface area contributed by atoms with Crippen molar-refractivity contribution >= 4 is 29.1 Å². The van der Waals surface area contributed by atoms with Crippen LogP contribution < -0.4 is 25.4 Å². The first-order valence-corrected chi connectivity index (χ1v) is 8.24. The molecule has 0 radical (unpaired) electrons. The highest BCUT2D eigenvalue weighted by Gasteiger charge is 2.29. The minimum atomic E-state index is -0.981. The second-order valence-electron chi connectivity index (χ2n) is 5.88. The lowest BCUT2D eigenvalue weighted by atomic mass is 10.1. The highest BCUT2D eigenvalue weighted by Crippen LogP contribution is 2.29. The molecule has 0 saturated heterocycles. The number of benzene rings is 2. The number of hydrogen-bond acceptors (Lipinski definition) is 5. The summed E-state index contributed by atoms with van der Waals surface area (Å²) in [5.74, 6) is -0.285. The van der Waals surface area contributed by atoms with Crippen molar-refractivity contribution < 1.29 is 23.9 Å². The molecule has 27 heavy (non-hydrogen) atoms. The molecule has 0 spiro atoms. The molecule has 1 heterocycles. The average Bonchev–Trinajstić information content (AvgIpc) is 2.78. The second-order valence-corrected chi connectivity index (χ2v) is 5.88. The van der Waals surface area contributed by atoms with E-state index in [9.17, 15) is 14.4 Å². The maximum absolute atomic E-state index is 12.4. The number of para-hydroxylation sites is 1. The number of methoxy groups -OCH3 is 2. The maximum atomic E-state index is 12.4. The highest BCUT2D eigenvalue weighted by molar-refractivity contribution is 6.11. The monoisotopic (exact) mass is 369 g/mol. The number of carbonyl (C=O) groups is 3. The van der Waals surface area contributed by atoms with E-state index in [0.29, 0.717) is 28.4 Å². The Bertz CT molecular complexity index is 897. The van der Waals surface area contributed by atoms with Crippen molar-refractivity contribution in [1.29, 1.82) is 0 Å². The van der Waals surface area contributed by atoms with E-state index in [2.05, 4.69) is 16.0 Å². The van der Waals surface area contributed by atoms with Gasteiger partial charge in [-0.25, -0.2) is 0 Å². The summed E-state index contributed by atoms with van der Waals surface area (Å²) in [4.78, 5) is 37.0. The van der Waals surface area contributed by atoms with Crippen molar-refractivity contribution in [2.75, 3.05) is 24.9 Å². The minimum Gasteiger partial charge on any atom is -0.493 e. The van der Waals surface area contributed by atoms with E-state index < -0.39 is 23.8 Å². The standard InChI is InChI=1S/C19H19N3O5/c1-26-15-8-7-11(9-16(15)27-2)20-17(23)10-14-19(25)21-13-6-4-3-5-12(13)18(24)22-14/h3-9,14H,10H2,1-2H3,(H,20,23)(H,21,25)(H,22,24). The topological polar surface area (TPSA) is 106 Å². The predicted octanol–water partition coefficient (Wildman–Crippen LogP) is 1.78. The van der Waals surface area contributed by atoms with Gasteiger partial charge in [-0.05, 0) is 24.3 Å². The number of nitrogens with one attached hydrogen (secondary N) is 3. The zero-order chi connectivity index (χ0) is 19.4. The Labute approximate surface area is 155 Å². The first kappa shape index (κ1) is 18.2. The van der Waals surface area contributed by atoms with E-state index in [0.717, 1.165) is 0 Å². The van der Waals surface area contributed by atoms with Gasteiger partial charge in [0.2, 0.25) is 11.8 Å². The van der Waals surface area contributed by atoms with Crippen molar-refractivity contribution in [3.05, 3.63) is 48.0 Å². The lowest BCUT2D eigenvalue weighted by Crippen LogP contribution is -2.43. The molecule has 0 aliphatic carbocycles. The third kappa shape index (κ3) is 4.00. The molecule has 8 heteroatoms. The molecule has 1 unspecified atom stereocenters. The summed E-state index contributed by atoms with van der Waals surface area (Å²) in [5.41, 5.74) is 1.26. The van der Waals surface area contributed by atoms with Gasteiger partial charge in [0.1, 0.15) is 6.04 Å². The zero-order valence-corrected chi connectivity index (χ0v) is 14.9. The van der Waals surface area contributed by atoms with Crippen LogP contribution in [0, 0.1) is 0 Å². The van der Waals surface area contributed by atoms with Crippen molar-refractivity contribution in [2.24, 2.45) is 0 Å². The van der Waals surface area contributed by atoms with E-state index in [-0.39, 0.29) is 6.42 Å². The molecule has 0 bridgehead atoms. The first-order valence-electron chi connectivity index (χ1n) is 8.24. The highest BCUT2D eigenvalue weighted by atomic mass is 16.5. The van der Waals surface area contributed by atoms with E-state index in [1.807, 2.05) is 0 Å². The van der Waals surface area contributed by atoms with Crippen LogP contribution in [0.5, 0.6) is 11.5 Å². The normalized spacial score (nSPS) is 15.7. The molecule has 3 N–H and O–H groups in total. The van der Waals surface area contributed by atoms with Gasteiger partial charge >= 0.3 is 0 Å². The fourth-order valence-corrected chi connectivity index (χ4v) is 2.77. The summed E-state index contributed by atoms with van der Waals surface area (Å²) in [6.45, 7) is 0. The van der Waals surface area contributed by atoms with Crippen molar-refractivity contribution in [2.45, 2.75) is 12.5 Å². The summed E-state index contributed by atoms with van der Waals surface area (Å²) >= 11 is 0. The Morgan fingerprint density at radius 3 is 2.56 bits per heavy atom. The van der Waals surface area contributed by atoms with Crippen LogP contribution in [0.1, 0.15) is 16.8 Å². The Balaban J connectivity index is 1.69. The Morgan fingerprint density at radius 2 is 1.81 bits per heavy atom. The van der Waals surface area contributed by atoms with Crippen LogP contribution in [-0.2, 0) is 9.59 Å². The molecule has 2 aromatic carbocycles. The van der Waals surface area contributed by atoms with Gasteiger partial charge < -0.3 is 25.4 Å². The molecule has 0 saturated carbocycles. The molecule has 8 nitrogen and oxygen atoms in total. The Morgan fingerprint density at radius 1 is 1.07 bits per heavy atom. The third-order valence-electron chi connectivity index (χ3n) is 4.11.